The molecule has 1 aromatic carbocycles. The lowest BCUT2D eigenvalue weighted by Crippen LogP contribution is -2.14. The van der Waals surface area contributed by atoms with Crippen molar-refractivity contribution in [3.63, 3.8) is 0 Å². The maximum atomic E-state index is 12.8. The van der Waals surface area contributed by atoms with E-state index in [9.17, 15) is 9.18 Å². The minimum Gasteiger partial charge on any atom is -0.487 e. The van der Waals surface area contributed by atoms with Crippen molar-refractivity contribution >= 4 is 11.6 Å². The highest BCUT2D eigenvalue weighted by molar-refractivity contribution is 6.04. The molecule has 0 radical (unpaired) electrons. The lowest BCUT2D eigenvalue weighted by atomic mass is 10.3. The average molecular weight is 279 g/mol. The van der Waals surface area contributed by atoms with Crippen LogP contribution in [0.4, 0.5) is 10.1 Å². The molecule has 106 valence electrons. The quantitative estimate of drug-likeness (QED) is 0.791. The Hall–Kier alpha value is -2.41. The molecule has 0 aliphatic rings. The van der Waals surface area contributed by atoms with E-state index in [0.717, 1.165) is 0 Å². The van der Waals surface area contributed by atoms with Crippen molar-refractivity contribution < 1.29 is 18.7 Å². The molecule has 1 aromatic heterocycles. The molecule has 6 nitrogen and oxygen atoms in total. The standard InChI is InChI=1S/C13H14FN3O3/c1-19-6-7-20-11-8-15-17-12(11)13(18)16-10-4-2-9(14)3-5-10/h2-5,8H,6-7H2,1H3,(H,15,17)(H,16,18). The molecule has 2 N–H and O–H groups in total. The van der Waals surface area contributed by atoms with Crippen LogP contribution >= 0.6 is 0 Å². The molecule has 0 unspecified atom stereocenters. The molecule has 0 saturated carbocycles. The molecule has 2 aromatic rings. The number of anilines is 1. The number of rotatable bonds is 6. The van der Waals surface area contributed by atoms with Crippen molar-refractivity contribution in [2.24, 2.45) is 0 Å². The van der Waals surface area contributed by atoms with E-state index in [4.69, 9.17) is 9.47 Å². The van der Waals surface area contributed by atoms with Gasteiger partial charge in [0.2, 0.25) is 0 Å². The first-order valence-corrected chi connectivity index (χ1v) is 5.93. The summed E-state index contributed by atoms with van der Waals surface area (Å²) >= 11 is 0. The van der Waals surface area contributed by atoms with Gasteiger partial charge in [0.25, 0.3) is 5.91 Å². The van der Waals surface area contributed by atoms with Crippen LogP contribution in [0.15, 0.2) is 30.5 Å². The van der Waals surface area contributed by atoms with E-state index in [2.05, 4.69) is 15.5 Å². The summed E-state index contributed by atoms with van der Waals surface area (Å²) in [7, 11) is 1.56. The molecule has 0 atom stereocenters. The van der Waals surface area contributed by atoms with Crippen molar-refractivity contribution in [2.75, 3.05) is 25.6 Å². The predicted molar refractivity (Wildman–Crippen MR) is 70.3 cm³/mol. The second-order valence-electron chi connectivity index (χ2n) is 3.90. The number of amides is 1. The number of aromatic nitrogens is 2. The molecule has 0 aliphatic heterocycles. The van der Waals surface area contributed by atoms with Crippen LogP contribution in [-0.2, 0) is 4.74 Å². The van der Waals surface area contributed by atoms with Crippen LogP contribution in [0.25, 0.3) is 0 Å². The first-order valence-electron chi connectivity index (χ1n) is 5.93. The molecular formula is C13H14FN3O3. The van der Waals surface area contributed by atoms with E-state index in [1.165, 1.54) is 30.5 Å². The van der Waals surface area contributed by atoms with Crippen LogP contribution in [0.5, 0.6) is 5.75 Å². The highest BCUT2D eigenvalue weighted by Gasteiger charge is 2.16. The summed E-state index contributed by atoms with van der Waals surface area (Å²) in [4.78, 5) is 12.0. The zero-order valence-electron chi connectivity index (χ0n) is 10.9. The highest BCUT2D eigenvalue weighted by Crippen LogP contribution is 2.17. The Balaban J connectivity index is 2.02. The smallest absolute Gasteiger partial charge is 0.280 e. The number of carbonyl (C=O) groups is 1. The number of benzene rings is 1. The van der Waals surface area contributed by atoms with Gasteiger partial charge in [-0.3, -0.25) is 9.89 Å². The Bertz CT molecular complexity index is 568. The summed E-state index contributed by atoms with van der Waals surface area (Å²) in [5.74, 6) is -0.474. The number of nitrogens with one attached hydrogen (secondary N) is 2. The number of methoxy groups -OCH3 is 1. The molecule has 0 bridgehead atoms. The van der Waals surface area contributed by atoms with Crippen LogP contribution in [-0.4, -0.2) is 36.4 Å². The van der Waals surface area contributed by atoms with Gasteiger partial charge in [-0.05, 0) is 24.3 Å². The summed E-state index contributed by atoms with van der Waals surface area (Å²) in [5.41, 5.74) is 0.604. The lowest BCUT2D eigenvalue weighted by molar-refractivity contribution is 0.101. The van der Waals surface area contributed by atoms with Gasteiger partial charge >= 0.3 is 0 Å². The fraction of sp³-hybridized carbons (Fsp3) is 0.231. The van der Waals surface area contributed by atoms with E-state index in [1.54, 1.807) is 7.11 Å². The maximum absolute atomic E-state index is 12.8. The summed E-state index contributed by atoms with van der Waals surface area (Å²) in [5, 5.41) is 9.00. The number of aromatic amines is 1. The zero-order chi connectivity index (χ0) is 14.4. The minimum atomic E-state index is -0.440. The monoisotopic (exact) mass is 279 g/mol. The normalized spacial score (nSPS) is 10.3. The molecule has 2 rings (SSSR count). The van der Waals surface area contributed by atoms with E-state index < -0.39 is 5.91 Å². The number of nitrogens with zero attached hydrogens (tertiary/aromatic N) is 1. The minimum absolute atomic E-state index is 0.130. The third kappa shape index (κ3) is 3.55. The van der Waals surface area contributed by atoms with Crippen LogP contribution in [0, 0.1) is 5.82 Å². The summed E-state index contributed by atoms with van der Waals surface area (Å²) in [6, 6.07) is 5.45. The number of hydrogen-bond donors (Lipinski definition) is 2. The van der Waals surface area contributed by atoms with Crippen molar-refractivity contribution in [1.29, 1.82) is 0 Å². The molecule has 0 fully saturated rings. The average Bonchev–Trinajstić information content (AvgIpc) is 2.90. The van der Waals surface area contributed by atoms with E-state index in [0.29, 0.717) is 24.7 Å². The van der Waals surface area contributed by atoms with Gasteiger partial charge in [0, 0.05) is 12.8 Å². The van der Waals surface area contributed by atoms with Gasteiger partial charge in [-0.25, -0.2) is 4.39 Å². The second-order valence-corrected chi connectivity index (χ2v) is 3.90. The van der Waals surface area contributed by atoms with Gasteiger partial charge in [0.05, 0.1) is 12.8 Å². The van der Waals surface area contributed by atoms with Crippen molar-refractivity contribution in [1.82, 2.24) is 10.2 Å². The topological polar surface area (TPSA) is 76.2 Å². The summed E-state index contributed by atoms with van der Waals surface area (Å²) in [6.45, 7) is 0.719. The number of carbonyl (C=O) groups excluding carboxylic acids is 1. The van der Waals surface area contributed by atoms with Gasteiger partial charge in [0.15, 0.2) is 11.4 Å². The number of halogens is 1. The van der Waals surface area contributed by atoms with Gasteiger partial charge in [0.1, 0.15) is 12.4 Å². The van der Waals surface area contributed by atoms with Gasteiger partial charge in [-0.15, -0.1) is 0 Å². The predicted octanol–water partition coefficient (Wildman–Crippen LogP) is 1.83. The van der Waals surface area contributed by atoms with Crippen molar-refractivity contribution in [3.8, 4) is 5.75 Å². The molecule has 0 spiro atoms. The van der Waals surface area contributed by atoms with Crippen molar-refractivity contribution in [2.45, 2.75) is 0 Å². The zero-order valence-corrected chi connectivity index (χ0v) is 10.9. The summed E-state index contributed by atoms with van der Waals surface area (Å²) < 4.78 is 23.0. The van der Waals surface area contributed by atoms with Gasteiger partial charge in [-0.2, -0.15) is 5.10 Å². The lowest BCUT2D eigenvalue weighted by Gasteiger charge is -2.06. The fourth-order valence-electron chi connectivity index (χ4n) is 1.51. The molecule has 0 saturated heterocycles. The van der Waals surface area contributed by atoms with E-state index in [-0.39, 0.29) is 11.5 Å². The first kappa shape index (κ1) is 14.0. The van der Waals surface area contributed by atoms with Gasteiger partial charge in [-0.1, -0.05) is 0 Å². The molecule has 1 amide bonds. The third-order valence-electron chi connectivity index (χ3n) is 2.47. The van der Waals surface area contributed by atoms with Crippen LogP contribution in [0.3, 0.4) is 0 Å². The fourth-order valence-corrected chi connectivity index (χ4v) is 1.51. The Labute approximate surface area is 114 Å². The Morgan fingerprint density at radius 1 is 1.35 bits per heavy atom. The maximum Gasteiger partial charge on any atom is 0.280 e. The number of ether oxygens (including phenoxy) is 2. The molecule has 20 heavy (non-hydrogen) atoms. The molecular weight excluding hydrogens is 265 g/mol. The van der Waals surface area contributed by atoms with Crippen LogP contribution in [0.2, 0.25) is 0 Å². The van der Waals surface area contributed by atoms with E-state index in [1.807, 2.05) is 0 Å². The molecule has 0 aliphatic carbocycles. The van der Waals surface area contributed by atoms with E-state index >= 15 is 0 Å². The van der Waals surface area contributed by atoms with Crippen molar-refractivity contribution in [3.05, 3.63) is 42.0 Å². The van der Waals surface area contributed by atoms with Gasteiger partial charge < -0.3 is 14.8 Å². The number of H-pyrrole nitrogens is 1. The highest BCUT2D eigenvalue weighted by atomic mass is 19.1. The molecule has 7 heteroatoms. The third-order valence-corrected chi connectivity index (χ3v) is 2.47. The summed E-state index contributed by atoms with van der Waals surface area (Å²) in [6.07, 6.45) is 1.48. The Morgan fingerprint density at radius 3 is 2.80 bits per heavy atom. The number of hydrogen-bond acceptors (Lipinski definition) is 4. The largest absolute Gasteiger partial charge is 0.487 e. The van der Waals surface area contributed by atoms with Crippen LogP contribution < -0.4 is 10.1 Å². The second kappa shape index (κ2) is 6.67. The Kier molecular flexibility index (Phi) is 4.67. The SMILES string of the molecule is COCCOc1c[nH]nc1C(=O)Nc1ccc(F)cc1. The first-order chi connectivity index (χ1) is 9.70. The Morgan fingerprint density at radius 2 is 2.10 bits per heavy atom. The van der Waals surface area contributed by atoms with Crippen LogP contribution in [0.1, 0.15) is 10.5 Å². The molecule has 1 heterocycles.